The number of carbonyl (C=O) groups excluding carboxylic acids is 1. The topological polar surface area (TPSA) is 48.0 Å². The van der Waals surface area contributed by atoms with Crippen molar-refractivity contribution >= 4 is 27.5 Å². The highest BCUT2D eigenvalue weighted by Gasteiger charge is 2.25. The van der Waals surface area contributed by atoms with Crippen LogP contribution in [0.4, 0.5) is 5.69 Å². The molecule has 0 spiro atoms. The normalized spacial score (nSPS) is 13.2. The van der Waals surface area contributed by atoms with Gasteiger partial charge in [0.2, 0.25) is 0 Å². The highest BCUT2D eigenvalue weighted by molar-refractivity contribution is 9.10. The first-order chi connectivity index (χ1) is 12.6. The van der Waals surface area contributed by atoms with Gasteiger partial charge in [-0.1, -0.05) is 0 Å². The molecule has 0 aromatic heterocycles. The molecule has 2 aromatic rings. The Kier molecular flexibility index (Phi) is 5.71. The second-order valence-electron chi connectivity index (χ2n) is 5.98. The quantitative estimate of drug-likeness (QED) is 0.717. The second kappa shape index (κ2) is 7.99. The predicted molar refractivity (Wildman–Crippen MR) is 105 cm³/mol. The van der Waals surface area contributed by atoms with Crippen molar-refractivity contribution in [3.8, 4) is 17.2 Å². The van der Waals surface area contributed by atoms with E-state index >= 15 is 0 Å². The highest BCUT2D eigenvalue weighted by Crippen LogP contribution is 2.38. The Morgan fingerprint density at radius 1 is 1.19 bits per heavy atom. The largest absolute Gasteiger partial charge is 0.497 e. The molecule has 6 heteroatoms. The molecule has 5 nitrogen and oxygen atoms in total. The molecular weight excluding hydrogens is 398 g/mol. The van der Waals surface area contributed by atoms with Gasteiger partial charge in [-0.15, -0.1) is 0 Å². The van der Waals surface area contributed by atoms with Gasteiger partial charge in [-0.05, 0) is 71.6 Å². The molecule has 0 bridgehead atoms. The Balaban J connectivity index is 1.97. The summed E-state index contributed by atoms with van der Waals surface area (Å²) in [5, 5.41) is 0. The van der Waals surface area contributed by atoms with Crippen molar-refractivity contribution in [1.82, 2.24) is 0 Å². The molecular formula is C20H22BrNO4. The Morgan fingerprint density at radius 2 is 2.00 bits per heavy atom. The number of hydrogen-bond acceptors (Lipinski definition) is 4. The van der Waals surface area contributed by atoms with E-state index in [0.29, 0.717) is 34.7 Å². The molecule has 1 aliphatic heterocycles. The first-order valence-corrected chi connectivity index (χ1v) is 9.37. The van der Waals surface area contributed by atoms with E-state index in [-0.39, 0.29) is 5.91 Å². The highest BCUT2D eigenvalue weighted by atomic mass is 79.9. The number of hydrogen-bond donors (Lipinski definition) is 0. The van der Waals surface area contributed by atoms with E-state index in [9.17, 15) is 4.79 Å². The Hall–Kier alpha value is -2.21. The van der Waals surface area contributed by atoms with Gasteiger partial charge < -0.3 is 19.1 Å². The number of methoxy groups -OCH3 is 2. The van der Waals surface area contributed by atoms with Gasteiger partial charge in [-0.25, -0.2) is 0 Å². The minimum absolute atomic E-state index is 0.0573. The average molecular weight is 420 g/mol. The standard InChI is InChI=1S/C20H22BrNO4/c1-4-26-19-16(21)11-14(12-18(19)25-3)20(23)22-9-5-6-13-10-15(24-2)7-8-17(13)22/h7-8,10-12H,4-6,9H2,1-3H3. The van der Waals surface area contributed by atoms with Gasteiger partial charge in [0.1, 0.15) is 5.75 Å². The van der Waals surface area contributed by atoms with Gasteiger partial charge in [0.25, 0.3) is 5.91 Å². The number of rotatable bonds is 5. The summed E-state index contributed by atoms with van der Waals surface area (Å²) in [6.45, 7) is 3.11. The summed E-state index contributed by atoms with van der Waals surface area (Å²) in [7, 11) is 3.22. The van der Waals surface area contributed by atoms with Crippen molar-refractivity contribution < 1.29 is 19.0 Å². The van der Waals surface area contributed by atoms with E-state index in [1.54, 1.807) is 26.4 Å². The summed E-state index contributed by atoms with van der Waals surface area (Å²) in [5.74, 6) is 1.90. The van der Waals surface area contributed by atoms with Gasteiger partial charge in [0.05, 0.1) is 25.3 Å². The van der Waals surface area contributed by atoms with Crippen LogP contribution >= 0.6 is 15.9 Å². The fraction of sp³-hybridized carbons (Fsp3) is 0.350. The maximum atomic E-state index is 13.2. The number of anilines is 1. The summed E-state index contributed by atoms with van der Waals surface area (Å²) < 4.78 is 17.0. The van der Waals surface area contributed by atoms with Crippen molar-refractivity contribution in [2.75, 3.05) is 32.3 Å². The van der Waals surface area contributed by atoms with E-state index in [0.717, 1.165) is 29.8 Å². The van der Waals surface area contributed by atoms with Crippen LogP contribution < -0.4 is 19.1 Å². The molecule has 26 heavy (non-hydrogen) atoms. The van der Waals surface area contributed by atoms with Gasteiger partial charge in [0.15, 0.2) is 11.5 Å². The minimum Gasteiger partial charge on any atom is -0.497 e. The lowest BCUT2D eigenvalue weighted by Crippen LogP contribution is -2.35. The molecule has 0 N–H and O–H groups in total. The van der Waals surface area contributed by atoms with Crippen molar-refractivity contribution in [3.05, 3.63) is 45.9 Å². The second-order valence-corrected chi connectivity index (χ2v) is 6.83. The molecule has 0 saturated carbocycles. The van der Waals surface area contributed by atoms with Crippen LogP contribution in [0.15, 0.2) is 34.8 Å². The molecule has 1 aliphatic rings. The van der Waals surface area contributed by atoms with Gasteiger partial charge >= 0.3 is 0 Å². The minimum atomic E-state index is -0.0573. The predicted octanol–water partition coefficient (Wildman–Crippen LogP) is 4.46. The molecule has 0 unspecified atom stereocenters. The van der Waals surface area contributed by atoms with E-state index in [2.05, 4.69) is 15.9 Å². The number of aryl methyl sites for hydroxylation is 1. The Morgan fingerprint density at radius 3 is 2.69 bits per heavy atom. The summed E-state index contributed by atoms with van der Waals surface area (Å²) in [5.41, 5.74) is 2.62. The molecule has 1 amide bonds. The molecule has 0 radical (unpaired) electrons. The Labute approximate surface area is 162 Å². The third-order valence-electron chi connectivity index (χ3n) is 4.42. The van der Waals surface area contributed by atoms with Crippen LogP contribution in [0.1, 0.15) is 29.3 Å². The zero-order chi connectivity index (χ0) is 18.7. The lowest BCUT2D eigenvalue weighted by molar-refractivity contribution is 0.0984. The maximum absolute atomic E-state index is 13.2. The summed E-state index contributed by atoms with van der Waals surface area (Å²) >= 11 is 3.49. The van der Waals surface area contributed by atoms with Crippen LogP contribution in [-0.4, -0.2) is 33.3 Å². The number of benzene rings is 2. The lowest BCUT2D eigenvalue weighted by Gasteiger charge is -2.30. The van der Waals surface area contributed by atoms with Gasteiger partial charge in [0, 0.05) is 17.8 Å². The number of nitrogens with zero attached hydrogens (tertiary/aromatic N) is 1. The number of halogens is 1. The molecule has 3 rings (SSSR count). The number of amides is 1. The van der Waals surface area contributed by atoms with E-state index in [1.165, 1.54) is 0 Å². The maximum Gasteiger partial charge on any atom is 0.258 e. The first kappa shape index (κ1) is 18.6. The van der Waals surface area contributed by atoms with E-state index in [1.807, 2.05) is 30.0 Å². The summed E-state index contributed by atoms with van der Waals surface area (Å²) in [4.78, 5) is 15.0. The molecule has 0 aliphatic carbocycles. The van der Waals surface area contributed by atoms with Crippen molar-refractivity contribution in [2.45, 2.75) is 19.8 Å². The smallest absolute Gasteiger partial charge is 0.258 e. The molecule has 0 atom stereocenters. The van der Waals surface area contributed by atoms with Crippen molar-refractivity contribution in [1.29, 1.82) is 0 Å². The average Bonchev–Trinajstić information content (AvgIpc) is 2.67. The van der Waals surface area contributed by atoms with Crippen LogP contribution in [0.3, 0.4) is 0 Å². The summed E-state index contributed by atoms with van der Waals surface area (Å²) in [6, 6.07) is 9.36. The number of fused-ring (bicyclic) bond motifs is 1. The third kappa shape index (κ3) is 3.51. The fourth-order valence-corrected chi connectivity index (χ4v) is 3.75. The van der Waals surface area contributed by atoms with Crippen LogP contribution in [0.25, 0.3) is 0 Å². The number of carbonyl (C=O) groups is 1. The van der Waals surface area contributed by atoms with Crippen molar-refractivity contribution in [3.63, 3.8) is 0 Å². The van der Waals surface area contributed by atoms with Crippen LogP contribution in [-0.2, 0) is 6.42 Å². The van der Waals surface area contributed by atoms with Crippen molar-refractivity contribution in [2.24, 2.45) is 0 Å². The molecule has 0 fully saturated rings. The van der Waals surface area contributed by atoms with Crippen LogP contribution in [0.5, 0.6) is 17.2 Å². The monoisotopic (exact) mass is 419 g/mol. The zero-order valence-corrected chi connectivity index (χ0v) is 16.8. The van der Waals surface area contributed by atoms with Crippen LogP contribution in [0, 0.1) is 0 Å². The third-order valence-corrected chi connectivity index (χ3v) is 5.00. The SMILES string of the molecule is CCOc1c(Br)cc(C(=O)N2CCCc3cc(OC)ccc32)cc1OC. The van der Waals surface area contributed by atoms with Gasteiger partial charge in [-0.2, -0.15) is 0 Å². The molecule has 138 valence electrons. The fourth-order valence-electron chi connectivity index (χ4n) is 3.19. The zero-order valence-electron chi connectivity index (χ0n) is 15.2. The lowest BCUT2D eigenvalue weighted by atomic mass is 10.00. The van der Waals surface area contributed by atoms with E-state index in [4.69, 9.17) is 14.2 Å². The molecule has 1 heterocycles. The Bertz CT molecular complexity index is 822. The van der Waals surface area contributed by atoms with Crippen LogP contribution in [0.2, 0.25) is 0 Å². The summed E-state index contributed by atoms with van der Waals surface area (Å²) in [6.07, 6.45) is 1.86. The molecule has 0 saturated heterocycles. The van der Waals surface area contributed by atoms with Gasteiger partial charge in [-0.3, -0.25) is 4.79 Å². The van der Waals surface area contributed by atoms with E-state index < -0.39 is 0 Å². The molecule has 2 aromatic carbocycles. The first-order valence-electron chi connectivity index (χ1n) is 8.58. The number of ether oxygens (including phenoxy) is 3.